The van der Waals surface area contributed by atoms with Crippen LogP contribution in [0.4, 0.5) is 10.6 Å². The fraction of sp³-hybridized carbons (Fsp3) is 0.436. The van der Waals surface area contributed by atoms with E-state index in [0.717, 1.165) is 72.1 Å². The first-order chi connectivity index (χ1) is 24.9. The van der Waals surface area contributed by atoms with Gasteiger partial charge in [0.25, 0.3) is 0 Å². The van der Waals surface area contributed by atoms with Crippen LogP contribution in [0.25, 0.3) is 11.3 Å². The van der Waals surface area contributed by atoms with Gasteiger partial charge < -0.3 is 19.7 Å². The Labute approximate surface area is 310 Å². The van der Waals surface area contributed by atoms with Gasteiger partial charge in [0.1, 0.15) is 30.0 Å². The molecule has 1 fully saturated rings. The van der Waals surface area contributed by atoms with Gasteiger partial charge in [0.15, 0.2) is 11.5 Å². The van der Waals surface area contributed by atoms with Gasteiger partial charge in [0, 0.05) is 24.1 Å². The molecule has 3 atom stereocenters. The van der Waals surface area contributed by atoms with Crippen molar-refractivity contribution in [3.63, 3.8) is 0 Å². The summed E-state index contributed by atoms with van der Waals surface area (Å²) in [5, 5.41) is 20.7. The smallest absolute Gasteiger partial charge is 0.320 e. The Bertz CT molecular complexity index is 2050. The fourth-order valence-electron chi connectivity index (χ4n) is 7.03. The number of ether oxygens (including phenoxy) is 2. The molecular formula is C39H48ClN9O3. The number of benzene rings is 2. The molecule has 1 aliphatic heterocycles. The average Bonchev–Trinajstić information content (AvgIpc) is 3.84. The van der Waals surface area contributed by atoms with Crippen LogP contribution in [0, 0.1) is 0 Å². The lowest BCUT2D eigenvalue weighted by Gasteiger charge is -2.32. The zero-order chi connectivity index (χ0) is 36.6. The van der Waals surface area contributed by atoms with Crippen molar-refractivity contribution in [2.45, 2.75) is 70.1 Å². The maximum absolute atomic E-state index is 13.7. The SMILES string of the molecule is CN(C)CCOc1cc(-n2nc(C(C)(C)C)cc2NC(=O)N[C@H]2CC[C@@H](Oc3ccc4nnc([C@@H]5CCCN5C)n4c3)c3ccccc32)ccc1Cl. The van der Waals surface area contributed by atoms with Gasteiger partial charge in [-0.2, -0.15) is 5.10 Å². The Balaban J connectivity index is 1.08. The maximum atomic E-state index is 13.7. The van der Waals surface area contributed by atoms with Crippen LogP contribution >= 0.6 is 11.6 Å². The number of likely N-dealkylation sites (tertiary alicyclic amines) is 1. The summed E-state index contributed by atoms with van der Waals surface area (Å²) in [5.74, 6) is 2.81. The van der Waals surface area contributed by atoms with Crippen LogP contribution in [0.5, 0.6) is 11.5 Å². The zero-order valence-corrected chi connectivity index (χ0v) is 31.5. The molecule has 0 unspecified atom stereocenters. The fourth-order valence-corrected chi connectivity index (χ4v) is 7.20. The summed E-state index contributed by atoms with van der Waals surface area (Å²) in [5.41, 5.74) is 4.21. The molecular weight excluding hydrogens is 678 g/mol. The third kappa shape index (κ3) is 7.60. The Hall–Kier alpha value is -4.65. The largest absolute Gasteiger partial charge is 0.491 e. The highest BCUT2D eigenvalue weighted by atomic mass is 35.5. The summed E-state index contributed by atoms with van der Waals surface area (Å²) in [6.07, 6.45) is 5.49. The molecule has 7 rings (SSSR count). The Morgan fingerprint density at radius 2 is 1.83 bits per heavy atom. The number of carbonyl (C=O) groups is 1. The molecule has 2 aromatic carbocycles. The van der Waals surface area contributed by atoms with Crippen molar-refractivity contribution in [1.82, 2.24) is 39.5 Å². The molecule has 3 aromatic heterocycles. The summed E-state index contributed by atoms with van der Waals surface area (Å²) in [6, 6.07) is 19.3. The van der Waals surface area contributed by atoms with Gasteiger partial charge in [0.05, 0.1) is 34.7 Å². The van der Waals surface area contributed by atoms with Gasteiger partial charge >= 0.3 is 6.03 Å². The maximum Gasteiger partial charge on any atom is 0.320 e. The number of likely N-dealkylation sites (N-methyl/N-ethyl adjacent to an activating group) is 1. The number of carbonyl (C=O) groups excluding carboxylic acids is 1. The molecule has 5 aromatic rings. The number of hydrogen-bond acceptors (Lipinski definition) is 8. The molecule has 12 nitrogen and oxygen atoms in total. The van der Waals surface area contributed by atoms with Gasteiger partial charge in [-0.3, -0.25) is 14.6 Å². The number of nitrogens with zero attached hydrogens (tertiary/aromatic N) is 7. The highest BCUT2D eigenvalue weighted by molar-refractivity contribution is 6.32. The molecule has 2 N–H and O–H groups in total. The second-order valence-electron chi connectivity index (χ2n) is 15.1. The van der Waals surface area contributed by atoms with E-state index in [9.17, 15) is 4.79 Å². The van der Waals surface area contributed by atoms with E-state index in [0.29, 0.717) is 29.6 Å². The topological polar surface area (TPSA) is 114 Å². The molecule has 2 aliphatic rings. The number of amides is 2. The van der Waals surface area contributed by atoms with Gasteiger partial charge in [-0.15, -0.1) is 10.2 Å². The first kappa shape index (κ1) is 35.7. The lowest BCUT2D eigenvalue weighted by Crippen LogP contribution is -2.36. The van der Waals surface area contributed by atoms with Crippen LogP contribution in [0.15, 0.2) is 66.9 Å². The summed E-state index contributed by atoms with van der Waals surface area (Å²) < 4.78 is 16.4. The number of fused-ring (bicyclic) bond motifs is 2. The Morgan fingerprint density at radius 1 is 1.02 bits per heavy atom. The number of urea groups is 1. The Morgan fingerprint density at radius 3 is 2.58 bits per heavy atom. The van der Waals surface area contributed by atoms with Crippen molar-refractivity contribution in [2.24, 2.45) is 0 Å². The predicted molar refractivity (Wildman–Crippen MR) is 203 cm³/mol. The second-order valence-corrected chi connectivity index (χ2v) is 15.5. The number of halogens is 1. The van der Waals surface area contributed by atoms with Gasteiger partial charge in [0.2, 0.25) is 0 Å². The minimum Gasteiger partial charge on any atom is -0.491 e. The molecule has 1 aliphatic carbocycles. The highest BCUT2D eigenvalue weighted by Gasteiger charge is 2.31. The van der Waals surface area contributed by atoms with E-state index in [1.807, 2.05) is 67.7 Å². The number of pyridine rings is 1. The lowest BCUT2D eigenvalue weighted by atomic mass is 9.85. The minimum absolute atomic E-state index is 0.168. The van der Waals surface area contributed by atoms with Crippen molar-refractivity contribution in [1.29, 1.82) is 0 Å². The molecule has 4 heterocycles. The third-order valence-corrected chi connectivity index (χ3v) is 10.2. The van der Waals surface area contributed by atoms with Crippen molar-refractivity contribution in [3.05, 3.63) is 94.5 Å². The van der Waals surface area contributed by atoms with Crippen molar-refractivity contribution < 1.29 is 14.3 Å². The van der Waals surface area contributed by atoms with Gasteiger partial charge in [-0.25, -0.2) is 9.48 Å². The van der Waals surface area contributed by atoms with E-state index in [2.05, 4.69) is 70.1 Å². The number of hydrogen-bond donors (Lipinski definition) is 2. The summed E-state index contributed by atoms with van der Waals surface area (Å²) in [4.78, 5) is 18.1. The average molecular weight is 726 g/mol. The summed E-state index contributed by atoms with van der Waals surface area (Å²) >= 11 is 6.50. The van der Waals surface area contributed by atoms with Crippen LogP contribution in [0.3, 0.4) is 0 Å². The van der Waals surface area contributed by atoms with Gasteiger partial charge in [-0.1, -0.05) is 56.6 Å². The van der Waals surface area contributed by atoms with Crippen LogP contribution in [-0.2, 0) is 5.41 Å². The quantitative estimate of drug-likeness (QED) is 0.154. The first-order valence-electron chi connectivity index (χ1n) is 18.0. The predicted octanol–water partition coefficient (Wildman–Crippen LogP) is 7.35. The molecule has 52 heavy (non-hydrogen) atoms. The zero-order valence-electron chi connectivity index (χ0n) is 30.8. The molecule has 13 heteroatoms. The van der Waals surface area contributed by atoms with Crippen molar-refractivity contribution >= 4 is 29.1 Å². The van der Waals surface area contributed by atoms with E-state index >= 15 is 0 Å². The normalized spacial score (nSPS) is 19.2. The van der Waals surface area contributed by atoms with Crippen LogP contribution < -0.4 is 20.1 Å². The van der Waals surface area contributed by atoms with E-state index < -0.39 is 0 Å². The monoisotopic (exact) mass is 725 g/mol. The molecule has 1 saturated heterocycles. The summed E-state index contributed by atoms with van der Waals surface area (Å²) in [6.45, 7) is 8.57. The number of aromatic nitrogens is 5. The highest BCUT2D eigenvalue weighted by Crippen LogP contribution is 2.39. The molecule has 0 saturated carbocycles. The molecule has 0 radical (unpaired) electrons. The van der Waals surface area contributed by atoms with E-state index in [1.165, 1.54) is 0 Å². The molecule has 0 bridgehead atoms. The first-order valence-corrected chi connectivity index (χ1v) is 18.4. The number of nitrogens with one attached hydrogen (secondary N) is 2. The molecule has 0 spiro atoms. The number of rotatable bonds is 10. The van der Waals surface area contributed by atoms with E-state index in [1.54, 1.807) is 10.7 Å². The second kappa shape index (κ2) is 14.8. The number of anilines is 1. The Kier molecular flexibility index (Phi) is 10.1. The third-order valence-electron chi connectivity index (χ3n) is 9.91. The molecule has 274 valence electrons. The lowest BCUT2D eigenvalue weighted by molar-refractivity contribution is 0.171. The summed E-state index contributed by atoms with van der Waals surface area (Å²) in [7, 11) is 6.12. The van der Waals surface area contributed by atoms with Crippen molar-refractivity contribution in [3.8, 4) is 17.2 Å². The molecule has 2 amide bonds. The standard InChI is InChI=1S/C39H48ClN9O3/c1-39(2,3)34-23-36(49(45-34)25-13-15-29(40)33(22-25)51-21-20-46(4)5)42-38(50)41-30-16-17-32(28-11-8-7-10-27(28)30)52-26-14-18-35-43-44-37(48(35)24-26)31-12-9-19-47(31)6/h7-8,10-11,13-15,18,22-24,30-32H,9,12,16-17,19-21H2,1-6H3,(H2,41,42,50)/t30-,31-,32+/m0/s1. The van der Waals surface area contributed by atoms with Crippen LogP contribution in [0.1, 0.15) is 87.3 Å². The minimum atomic E-state index is -0.320. The van der Waals surface area contributed by atoms with Crippen molar-refractivity contribution in [2.75, 3.05) is 46.2 Å². The van der Waals surface area contributed by atoms with Crippen LogP contribution in [0.2, 0.25) is 5.02 Å². The van der Waals surface area contributed by atoms with Gasteiger partial charge in [-0.05, 0) is 88.8 Å². The van der Waals surface area contributed by atoms with Crippen LogP contribution in [-0.4, -0.2) is 81.0 Å². The van der Waals surface area contributed by atoms with E-state index in [4.69, 9.17) is 26.2 Å². The van der Waals surface area contributed by atoms with E-state index in [-0.39, 0.29) is 29.6 Å².